The van der Waals surface area contributed by atoms with Crippen molar-refractivity contribution < 1.29 is 4.74 Å². The molecule has 0 aliphatic carbocycles. The summed E-state index contributed by atoms with van der Waals surface area (Å²) in [6.45, 7) is 0.494. The summed E-state index contributed by atoms with van der Waals surface area (Å²) >= 11 is 0. The molecule has 1 aliphatic heterocycles. The number of hydrazone groups is 1. The molecule has 4 heteroatoms. The molecule has 0 saturated carbocycles. The Morgan fingerprint density at radius 3 is 2.64 bits per heavy atom. The smallest absolute Gasteiger partial charge is 0.227 e. The van der Waals surface area contributed by atoms with Crippen molar-refractivity contribution in [2.45, 2.75) is 0 Å². The Bertz CT molecular complexity index is 370. The van der Waals surface area contributed by atoms with Gasteiger partial charge < -0.3 is 4.74 Å². The summed E-state index contributed by atoms with van der Waals surface area (Å²) in [6, 6.07) is 9.87. The van der Waals surface area contributed by atoms with Crippen LogP contribution in [0.4, 0.5) is 0 Å². The molecule has 0 spiro atoms. The molecule has 0 radical (unpaired) electrons. The average molecular weight is 189 g/mol. The minimum Gasteiger partial charge on any atom is -0.482 e. The van der Waals surface area contributed by atoms with Gasteiger partial charge in [-0.05, 0) is 0 Å². The highest BCUT2D eigenvalue weighted by atomic mass is 16.5. The first kappa shape index (κ1) is 8.74. The summed E-state index contributed by atoms with van der Waals surface area (Å²) in [5.41, 5.74) is 3.88. The van der Waals surface area contributed by atoms with Crippen molar-refractivity contribution >= 4 is 11.7 Å². The van der Waals surface area contributed by atoms with Crippen LogP contribution in [0.1, 0.15) is 5.56 Å². The predicted molar refractivity (Wildman–Crippen MR) is 55.4 cm³/mol. The van der Waals surface area contributed by atoms with E-state index in [9.17, 15) is 0 Å². The highest BCUT2D eigenvalue weighted by molar-refractivity contribution is 6.01. The van der Waals surface area contributed by atoms with Crippen LogP contribution in [0.25, 0.3) is 0 Å². The van der Waals surface area contributed by atoms with Crippen LogP contribution in [0.5, 0.6) is 0 Å². The monoisotopic (exact) mass is 189 g/mol. The van der Waals surface area contributed by atoms with Gasteiger partial charge in [-0.2, -0.15) is 0 Å². The Balaban J connectivity index is 2.13. The summed E-state index contributed by atoms with van der Waals surface area (Å²) in [4.78, 5) is 4.30. The highest BCUT2D eigenvalue weighted by Gasteiger charge is 2.08. The number of nitrogens with zero attached hydrogens (tertiary/aromatic N) is 2. The van der Waals surface area contributed by atoms with Crippen molar-refractivity contribution in [2.75, 3.05) is 13.7 Å². The van der Waals surface area contributed by atoms with E-state index in [0.29, 0.717) is 12.4 Å². The molecule has 1 aliphatic rings. The van der Waals surface area contributed by atoms with Crippen LogP contribution in [0.2, 0.25) is 0 Å². The average Bonchev–Trinajstić information content (AvgIpc) is 2.30. The van der Waals surface area contributed by atoms with Crippen LogP contribution in [0.15, 0.2) is 40.4 Å². The number of hydrogen-bond donors (Lipinski definition) is 1. The third kappa shape index (κ3) is 1.74. The summed E-state index contributed by atoms with van der Waals surface area (Å²) < 4.78 is 4.96. The Labute approximate surface area is 82.3 Å². The van der Waals surface area contributed by atoms with Crippen molar-refractivity contribution in [1.29, 1.82) is 0 Å². The molecule has 0 fully saturated rings. The first-order valence-corrected chi connectivity index (χ1v) is 4.36. The summed E-state index contributed by atoms with van der Waals surface area (Å²) in [6.07, 6.45) is 0. The molecule has 4 nitrogen and oxygen atoms in total. The predicted octanol–water partition coefficient (Wildman–Crippen LogP) is 0.996. The Kier molecular flexibility index (Phi) is 2.44. The van der Waals surface area contributed by atoms with Crippen LogP contribution in [0.3, 0.4) is 0 Å². The molecule has 1 aromatic carbocycles. The zero-order valence-electron chi connectivity index (χ0n) is 7.90. The van der Waals surface area contributed by atoms with E-state index in [0.717, 1.165) is 11.4 Å². The molecule has 14 heavy (non-hydrogen) atoms. The van der Waals surface area contributed by atoms with Gasteiger partial charge >= 0.3 is 0 Å². The molecule has 0 atom stereocenters. The molecule has 0 unspecified atom stereocenters. The van der Waals surface area contributed by atoms with Crippen molar-refractivity contribution in [3.8, 4) is 0 Å². The number of aliphatic imine (C=N–C) groups is 1. The number of amidine groups is 1. The Hall–Kier alpha value is -1.84. The number of rotatable bonds is 1. The zero-order valence-corrected chi connectivity index (χ0v) is 7.90. The molecule has 2 rings (SSSR count). The van der Waals surface area contributed by atoms with Crippen molar-refractivity contribution in [1.82, 2.24) is 5.43 Å². The van der Waals surface area contributed by atoms with Crippen LogP contribution >= 0.6 is 0 Å². The van der Waals surface area contributed by atoms with E-state index >= 15 is 0 Å². The minimum atomic E-state index is 0.494. The second kappa shape index (κ2) is 3.91. The van der Waals surface area contributed by atoms with E-state index in [1.807, 2.05) is 30.3 Å². The van der Waals surface area contributed by atoms with Gasteiger partial charge in [-0.1, -0.05) is 30.3 Å². The van der Waals surface area contributed by atoms with E-state index < -0.39 is 0 Å². The first-order chi connectivity index (χ1) is 6.90. The van der Waals surface area contributed by atoms with E-state index in [1.165, 1.54) is 0 Å². The second-order valence-electron chi connectivity index (χ2n) is 2.85. The van der Waals surface area contributed by atoms with Gasteiger partial charge in [0.25, 0.3) is 0 Å². The fourth-order valence-corrected chi connectivity index (χ4v) is 1.19. The summed E-state index contributed by atoms with van der Waals surface area (Å²) in [5, 5.41) is 4.02. The second-order valence-corrected chi connectivity index (χ2v) is 2.85. The lowest BCUT2D eigenvalue weighted by Gasteiger charge is -2.12. The van der Waals surface area contributed by atoms with E-state index in [4.69, 9.17) is 4.74 Å². The maximum atomic E-state index is 4.96. The van der Waals surface area contributed by atoms with Gasteiger partial charge in [-0.25, -0.2) is 0 Å². The normalized spacial score (nSPS) is 15.2. The SMILES string of the molecule is COC1=NNC(c2ccccc2)=NC1. The van der Waals surface area contributed by atoms with Crippen molar-refractivity contribution in [2.24, 2.45) is 10.1 Å². The zero-order chi connectivity index (χ0) is 9.80. The van der Waals surface area contributed by atoms with Crippen molar-refractivity contribution in [3.05, 3.63) is 35.9 Å². The molecule has 0 saturated heterocycles. The summed E-state index contributed by atoms with van der Waals surface area (Å²) in [5.74, 6) is 1.39. The van der Waals surface area contributed by atoms with Crippen LogP contribution < -0.4 is 5.43 Å². The van der Waals surface area contributed by atoms with Crippen LogP contribution in [-0.2, 0) is 4.74 Å². The van der Waals surface area contributed by atoms with E-state index in [-0.39, 0.29) is 0 Å². The molecule has 72 valence electrons. The lowest BCUT2D eigenvalue weighted by Crippen LogP contribution is -2.28. The van der Waals surface area contributed by atoms with Gasteiger partial charge in [0, 0.05) is 5.56 Å². The fourth-order valence-electron chi connectivity index (χ4n) is 1.19. The van der Waals surface area contributed by atoms with E-state index in [2.05, 4.69) is 15.5 Å². The topological polar surface area (TPSA) is 46.0 Å². The first-order valence-electron chi connectivity index (χ1n) is 4.36. The van der Waals surface area contributed by atoms with Crippen molar-refractivity contribution in [3.63, 3.8) is 0 Å². The van der Waals surface area contributed by atoms with E-state index in [1.54, 1.807) is 7.11 Å². The lowest BCUT2D eigenvalue weighted by atomic mass is 10.2. The number of hydrogen-bond acceptors (Lipinski definition) is 4. The fraction of sp³-hybridized carbons (Fsp3) is 0.200. The maximum Gasteiger partial charge on any atom is 0.227 e. The van der Waals surface area contributed by atoms with Gasteiger partial charge in [0.15, 0.2) is 0 Å². The van der Waals surface area contributed by atoms with Gasteiger partial charge in [0.1, 0.15) is 12.4 Å². The quantitative estimate of drug-likeness (QED) is 0.716. The number of methoxy groups -OCH3 is 1. The maximum absolute atomic E-state index is 4.96. The molecule has 1 aromatic rings. The number of ether oxygens (including phenoxy) is 1. The van der Waals surface area contributed by atoms with Crippen LogP contribution in [0, 0.1) is 0 Å². The Morgan fingerprint density at radius 2 is 2.07 bits per heavy atom. The van der Waals surface area contributed by atoms with Gasteiger partial charge in [-0.3, -0.25) is 10.4 Å². The number of benzene rings is 1. The molecular weight excluding hydrogens is 178 g/mol. The molecule has 0 bridgehead atoms. The third-order valence-corrected chi connectivity index (χ3v) is 1.94. The molecular formula is C10H11N3O. The summed E-state index contributed by atoms with van der Waals surface area (Å²) in [7, 11) is 1.59. The highest BCUT2D eigenvalue weighted by Crippen LogP contribution is 2.02. The third-order valence-electron chi connectivity index (χ3n) is 1.94. The standard InChI is InChI=1S/C10H11N3O/c1-14-9-7-11-10(13-12-9)8-5-3-2-4-6-8/h2-6H,7H2,1H3,(H,11,13). The number of nitrogens with one attached hydrogen (secondary N) is 1. The minimum absolute atomic E-state index is 0.494. The van der Waals surface area contributed by atoms with Gasteiger partial charge in [-0.15, -0.1) is 5.10 Å². The molecule has 0 amide bonds. The largest absolute Gasteiger partial charge is 0.482 e. The van der Waals surface area contributed by atoms with Gasteiger partial charge in [0.05, 0.1) is 7.11 Å². The molecule has 1 N–H and O–H groups in total. The van der Waals surface area contributed by atoms with Gasteiger partial charge in [0.2, 0.25) is 5.90 Å². The van der Waals surface area contributed by atoms with Crippen LogP contribution in [-0.4, -0.2) is 25.4 Å². The Morgan fingerprint density at radius 1 is 1.29 bits per heavy atom. The lowest BCUT2D eigenvalue weighted by molar-refractivity contribution is 0.390. The molecule has 0 aromatic heterocycles. The molecule has 1 heterocycles.